The molecule has 6 heteroatoms. The number of nitrogens with two attached hydrogens (primary N) is 1. The summed E-state index contributed by atoms with van der Waals surface area (Å²) in [5.41, 5.74) is 6.30. The van der Waals surface area contributed by atoms with Crippen molar-refractivity contribution in [3.8, 4) is 0 Å². The normalized spacial score (nSPS) is 11.0. The molecule has 17 heavy (non-hydrogen) atoms. The van der Waals surface area contributed by atoms with Crippen LogP contribution in [0.3, 0.4) is 0 Å². The van der Waals surface area contributed by atoms with Crippen LogP contribution in [0.15, 0.2) is 24.3 Å². The highest BCUT2D eigenvalue weighted by Gasteiger charge is 2.09. The Hall–Kier alpha value is -1.59. The molecule has 0 saturated carbocycles. The van der Waals surface area contributed by atoms with Gasteiger partial charge in [-0.25, -0.2) is 4.79 Å². The van der Waals surface area contributed by atoms with Gasteiger partial charge in [-0.3, -0.25) is 4.79 Å². The van der Waals surface area contributed by atoms with Crippen LogP contribution in [0.25, 0.3) is 0 Å². The molecule has 1 aromatic carbocycles. The van der Waals surface area contributed by atoms with Crippen molar-refractivity contribution in [2.45, 2.75) is 13.0 Å². The van der Waals surface area contributed by atoms with Crippen molar-refractivity contribution in [3.63, 3.8) is 0 Å². The van der Waals surface area contributed by atoms with Crippen LogP contribution >= 0.6 is 12.4 Å². The molecule has 1 amide bonds. The molecule has 3 N–H and O–H groups in total. The van der Waals surface area contributed by atoms with Gasteiger partial charge in [0, 0.05) is 5.69 Å². The second kappa shape index (κ2) is 6.88. The highest BCUT2D eigenvalue weighted by atomic mass is 35.5. The van der Waals surface area contributed by atoms with Crippen LogP contribution in [0.5, 0.6) is 0 Å². The number of halogens is 1. The molecule has 94 valence electrons. The monoisotopic (exact) mass is 258 g/mol. The van der Waals surface area contributed by atoms with Gasteiger partial charge in [0.15, 0.2) is 0 Å². The Labute approximate surface area is 106 Å². The zero-order chi connectivity index (χ0) is 12.1. The molecule has 0 radical (unpaired) electrons. The lowest BCUT2D eigenvalue weighted by Gasteiger charge is -2.08. The Morgan fingerprint density at radius 2 is 2.06 bits per heavy atom. The van der Waals surface area contributed by atoms with Gasteiger partial charge in [0.05, 0.1) is 18.7 Å². The smallest absolute Gasteiger partial charge is 0.337 e. The van der Waals surface area contributed by atoms with Gasteiger partial charge in [-0.2, -0.15) is 0 Å². The number of hydrogen-bond acceptors (Lipinski definition) is 4. The van der Waals surface area contributed by atoms with Crippen molar-refractivity contribution in [1.29, 1.82) is 0 Å². The van der Waals surface area contributed by atoms with Gasteiger partial charge >= 0.3 is 5.97 Å². The fraction of sp³-hybridized carbons (Fsp3) is 0.273. The molecule has 0 heterocycles. The summed E-state index contributed by atoms with van der Waals surface area (Å²) in [5, 5.41) is 2.59. The Bertz CT molecular complexity index is 407. The maximum absolute atomic E-state index is 11.3. The van der Waals surface area contributed by atoms with Crippen molar-refractivity contribution in [2.75, 3.05) is 12.4 Å². The van der Waals surface area contributed by atoms with Gasteiger partial charge in [0.1, 0.15) is 0 Å². The highest BCUT2D eigenvalue weighted by Crippen LogP contribution is 2.11. The van der Waals surface area contributed by atoms with Crippen LogP contribution in [0.1, 0.15) is 17.3 Å². The zero-order valence-electron chi connectivity index (χ0n) is 9.60. The van der Waals surface area contributed by atoms with Crippen molar-refractivity contribution in [1.82, 2.24) is 0 Å². The van der Waals surface area contributed by atoms with E-state index < -0.39 is 12.0 Å². The number of ether oxygens (including phenoxy) is 1. The van der Waals surface area contributed by atoms with E-state index in [2.05, 4.69) is 10.1 Å². The first kappa shape index (κ1) is 15.4. The van der Waals surface area contributed by atoms with Crippen LogP contribution in [-0.4, -0.2) is 25.0 Å². The summed E-state index contributed by atoms with van der Waals surface area (Å²) < 4.78 is 4.57. The first-order valence-corrected chi connectivity index (χ1v) is 4.79. The van der Waals surface area contributed by atoms with E-state index in [1.165, 1.54) is 13.2 Å². The number of esters is 1. The molecule has 5 nitrogen and oxygen atoms in total. The van der Waals surface area contributed by atoms with Crippen LogP contribution in [0.4, 0.5) is 5.69 Å². The fourth-order valence-electron chi connectivity index (χ4n) is 1.10. The maximum atomic E-state index is 11.3. The molecule has 1 atom stereocenters. The van der Waals surface area contributed by atoms with Crippen molar-refractivity contribution < 1.29 is 14.3 Å². The molecule has 0 aliphatic carbocycles. The fourth-order valence-corrected chi connectivity index (χ4v) is 1.10. The molecule has 0 unspecified atom stereocenters. The summed E-state index contributed by atoms with van der Waals surface area (Å²) >= 11 is 0. The summed E-state index contributed by atoms with van der Waals surface area (Å²) in [6, 6.07) is 5.87. The molecule has 0 aliphatic rings. The van der Waals surface area contributed by atoms with Crippen LogP contribution < -0.4 is 11.1 Å². The number of benzene rings is 1. The van der Waals surface area contributed by atoms with Gasteiger partial charge in [0.2, 0.25) is 5.91 Å². The molecule has 1 aromatic rings. The lowest BCUT2D eigenvalue weighted by Crippen LogP contribution is -2.32. The summed E-state index contributed by atoms with van der Waals surface area (Å²) in [7, 11) is 1.30. The van der Waals surface area contributed by atoms with E-state index in [4.69, 9.17) is 5.73 Å². The van der Waals surface area contributed by atoms with Gasteiger partial charge < -0.3 is 15.8 Å². The van der Waals surface area contributed by atoms with Crippen molar-refractivity contribution in [2.24, 2.45) is 5.73 Å². The molecule has 0 spiro atoms. The quantitative estimate of drug-likeness (QED) is 0.798. The van der Waals surface area contributed by atoms with E-state index in [1.807, 2.05) is 0 Å². The van der Waals surface area contributed by atoms with Crippen molar-refractivity contribution >= 4 is 30.0 Å². The molecule has 0 aromatic heterocycles. The lowest BCUT2D eigenvalue weighted by molar-refractivity contribution is -0.117. The Kier molecular flexibility index (Phi) is 6.23. The van der Waals surface area contributed by atoms with Crippen LogP contribution in [0, 0.1) is 0 Å². The Balaban J connectivity index is 0.00000256. The van der Waals surface area contributed by atoms with Gasteiger partial charge in [-0.15, -0.1) is 12.4 Å². The van der Waals surface area contributed by atoms with E-state index in [1.54, 1.807) is 25.1 Å². The van der Waals surface area contributed by atoms with E-state index in [9.17, 15) is 9.59 Å². The molecular formula is C11H15ClN2O3. The first-order chi connectivity index (χ1) is 7.54. The predicted octanol–water partition coefficient (Wildman–Crippen LogP) is 1.18. The minimum Gasteiger partial charge on any atom is -0.465 e. The SMILES string of the molecule is COC(=O)c1cccc(NC(=O)[C@H](C)N)c1.Cl. The predicted molar refractivity (Wildman–Crippen MR) is 67.3 cm³/mol. The lowest BCUT2D eigenvalue weighted by atomic mass is 10.2. The average Bonchev–Trinajstić information content (AvgIpc) is 2.28. The number of nitrogens with one attached hydrogen (secondary N) is 1. The zero-order valence-corrected chi connectivity index (χ0v) is 10.4. The number of rotatable bonds is 3. The largest absolute Gasteiger partial charge is 0.465 e. The van der Waals surface area contributed by atoms with Gasteiger partial charge in [0.25, 0.3) is 0 Å². The Morgan fingerprint density at radius 1 is 1.41 bits per heavy atom. The summed E-state index contributed by atoms with van der Waals surface area (Å²) in [4.78, 5) is 22.5. The first-order valence-electron chi connectivity index (χ1n) is 4.79. The molecule has 1 rings (SSSR count). The van der Waals surface area contributed by atoms with Crippen LogP contribution in [-0.2, 0) is 9.53 Å². The number of anilines is 1. The highest BCUT2D eigenvalue weighted by molar-refractivity contribution is 5.96. The second-order valence-corrected chi connectivity index (χ2v) is 3.35. The van der Waals surface area contributed by atoms with Crippen molar-refractivity contribution in [3.05, 3.63) is 29.8 Å². The number of carbonyl (C=O) groups excluding carboxylic acids is 2. The molecule has 0 bridgehead atoms. The third kappa shape index (κ3) is 4.42. The minimum absolute atomic E-state index is 0. The number of amides is 1. The van der Waals surface area contributed by atoms with E-state index in [-0.39, 0.29) is 18.3 Å². The van der Waals surface area contributed by atoms with E-state index >= 15 is 0 Å². The van der Waals surface area contributed by atoms with Crippen LogP contribution in [0.2, 0.25) is 0 Å². The molecule has 0 saturated heterocycles. The summed E-state index contributed by atoms with van der Waals surface area (Å²) in [5.74, 6) is -0.751. The number of carbonyl (C=O) groups is 2. The molecule has 0 fully saturated rings. The van der Waals surface area contributed by atoms with Gasteiger partial charge in [-0.05, 0) is 25.1 Å². The number of methoxy groups -OCH3 is 1. The minimum atomic E-state index is -0.596. The second-order valence-electron chi connectivity index (χ2n) is 3.35. The van der Waals surface area contributed by atoms with Gasteiger partial charge in [-0.1, -0.05) is 6.07 Å². The maximum Gasteiger partial charge on any atom is 0.337 e. The topological polar surface area (TPSA) is 81.4 Å². The number of hydrogen-bond donors (Lipinski definition) is 2. The average molecular weight is 259 g/mol. The standard InChI is InChI=1S/C11H14N2O3.ClH/c1-7(12)10(14)13-9-5-3-4-8(6-9)11(15)16-2;/h3-7H,12H2,1-2H3,(H,13,14);1H/t7-;/m0./s1. The summed E-state index contributed by atoms with van der Waals surface area (Å²) in [6.45, 7) is 1.58. The van der Waals surface area contributed by atoms with E-state index in [0.717, 1.165) is 0 Å². The molecule has 0 aliphatic heterocycles. The third-order valence-electron chi connectivity index (χ3n) is 1.96. The molecular weight excluding hydrogens is 244 g/mol. The Morgan fingerprint density at radius 3 is 2.59 bits per heavy atom. The van der Waals surface area contributed by atoms with E-state index in [0.29, 0.717) is 11.3 Å². The summed E-state index contributed by atoms with van der Waals surface area (Å²) in [6.07, 6.45) is 0. The third-order valence-corrected chi connectivity index (χ3v) is 1.96.